The third kappa shape index (κ3) is 3.26. The maximum atomic E-state index is 12.8. The summed E-state index contributed by atoms with van der Waals surface area (Å²) in [5.74, 6) is 0.125. The molecule has 4 atom stereocenters. The van der Waals surface area contributed by atoms with Crippen LogP contribution in [0.25, 0.3) is 0 Å². The molecule has 5 rings (SSSR count). The van der Waals surface area contributed by atoms with Gasteiger partial charge < -0.3 is 0 Å². The molecule has 7 nitrogen and oxygen atoms in total. The fourth-order valence-electron chi connectivity index (χ4n) is 5.38. The van der Waals surface area contributed by atoms with Crippen LogP contribution in [-0.2, 0) is 19.6 Å². The van der Waals surface area contributed by atoms with E-state index in [4.69, 9.17) is 0 Å². The van der Waals surface area contributed by atoms with Crippen molar-refractivity contribution < 1.29 is 18.0 Å². The van der Waals surface area contributed by atoms with Crippen LogP contribution >= 0.6 is 15.9 Å². The van der Waals surface area contributed by atoms with Gasteiger partial charge in [-0.15, -0.1) is 0 Å². The standard InChI is InChI=1S/C21H24BrN3O4S/c22-16-3-5-17(6-4-16)30(28,29)24-10-7-23(8-11-24)9-12-25-20(26)18-14-1-2-15(13-14)19(18)21(25)27/h1-6,14-15,18-19H,7-13H2/t14-,15-,18-,19+/m1/s1. The number of hydrogen-bond donors (Lipinski definition) is 0. The first-order valence-electron chi connectivity index (χ1n) is 10.4. The maximum absolute atomic E-state index is 12.8. The van der Waals surface area contributed by atoms with Crippen LogP contribution in [0.3, 0.4) is 0 Å². The molecule has 9 heteroatoms. The quantitative estimate of drug-likeness (QED) is 0.459. The Morgan fingerprint density at radius 3 is 2.00 bits per heavy atom. The number of likely N-dealkylation sites (tertiary alicyclic amines) is 1. The number of allylic oxidation sites excluding steroid dienone is 2. The maximum Gasteiger partial charge on any atom is 0.243 e. The second-order valence-electron chi connectivity index (χ2n) is 8.53. The normalized spacial score (nSPS) is 31.7. The molecule has 1 saturated carbocycles. The Bertz CT molecular complexity index is 972. The summed E-state index contributed by atoms with van der Waals surface area (Å²) in [5, 5.41) is 0. The molecule has 4 aliphatic rings. The minimum Gasteiger partial charge on any atom is -0.299 e. The summed E-state index contributed by atoms with van der Waals surface area (Å²) in [7, 11) is -3.51. The van der Waals surface area contributed by atoms with Gasteiger partial charge in [-0.3, -0.25) is 19.4 Å². The van der Waals surface area contributed by atoms with E-state index in [-0.39, 0.29) is 35.5 Å². The summed E-state index contributed by atoms with van der Waals surface area (Å²) in [4.78, 5) is 29.5. The second-order valence-corrected chi connectivity index (χ2v) is 11.4. The fraction of sp³-hybridized carbons (Fsp3) is 0.524. The summed E-state index contributed by atoms with van der Waals surface area (Å²) in [5.41, 5.74) is 0. The Balaban J connectivity index is 1.16. The van der Waals surface area contributed by atoms with Gasteiger partial charge in [-0.2, -0.15) is 4.31 Å². The van der Waals surface area contributed by atoms with E-state index in [0.29, 0.717) is 44.2 Å². The van der Waals surface area contributed by atoms with Crippen molar-refractivity contribution in [1.29, 1.82) is 0 Å². The second kappa shape index (κ2) is 7.55. The van der Waals surface area contributed by atoms with Crippen LogP contribution in [-0.4, -0.2) is 73.6 Å². The monoisotopic (exact) mass is 493 g/mol. The average Bonchev–Trinajstić information content (AvgIpc) is 3.42. The van der Waals surface area contributed by atoms with Crippen molar-refractivity contribution in [1.82, 2.24) is 14.1 Å². The number of nitrogens with zero attached hydrogens (tertiary/aromatic N) is 3. The molecule has 1 aromatic carbocycles. The predicted octanol–water partition coefficient (Wildman–Crippen LogP) is 1.56. The molecular formula is C21H24BrN3O4S. The zero-order valence-electron chi connectivity index (χ0n) is 16.5. The molecule has 3 fully saturated rings. The van der Waals surface area contributed by atoms with Crippen LogP contribution in [0.5, 0.6) is 0 Å². The summed E-state index contributed by atoms with van der Waals surface area (Å²) in [6.45, 7) is 2.96. The zero-order valence-corrected chi connectivity index (χ0v) is 18.9. The van der Waals surface area contributed by atoms with Crippen LogP contribution in [0.2, 0.25) is 0 Å². The minimum atomic E-state index is -3.51. The number of rotatable bonds is 5. The van der Waals surface area contributed by atoms with Gasteiger partial charge in [0.15, 0.2) is 0 Å². The molecule has 2 amide bonds. The van der Waals surface area contributed by atoms with Gasteiger partial charge in [-0.1, -0.05) is 28.1 Å². The highest BCUT2D eigenvalue weighted by Gasteiger charge is 2.59. The van der Waals surface area contributed by atoms with Crippen molar-refractivity contribution in [2.75, 3.05) is 39.3 Å². The van der Waals surface area contributed by atoms with Crippen molar-refractivity contribution in [2.45, 2.75) is 11.3 Å². The Hall–Kier alpha value is -1.55. The van der Waals surface area contributed by atoms with Gasteiger partial charge in [0.25, 0.3) is 0 Å². The van der Waals surface area contributed by atoms with E-state index in [9.17, 15) is 18.0 Å². The Labute approximate surface area is 184 Å². The van der Waals surface area contributed by atoms with Gasteiger partial charge in [-0.25, -0.2) is 8.42 Å². The molecule has 30 heavy (non-hydrogen) atoms. The van der Waals surface area contributed by atoms with E-state index < -0.39 is 10.0 Å². The largest absolute Gasteiger partial charge is 0.299 e. The average molecular weight is 494 g/mol. The highest BCUT2D eigenvalue weighted by Crippen LogP contribution is 2.52. The molecule has 0 spiro atoms. The number of piperazine rings is 1. The van der Waals surface area contributed by atoms with Crippen LogP contribution in [0.15, 0.2) is 45.8 Å². The van der Waals surface area contributed by atoms with Gasteiger partial charge in [-0.05, 0) is 42.5 Å². The van der Waals surface area contributed by atoms with Gasteiger partial charge in [0.2, 0.25) is 21.8 Å². The smallest absolute Gasteiger partial charge is 0.243 e. The van der Waals surface area contributed by atoms with Crippen LogP contribution < -0.4 is 0 Å². The fourth-order valence-corrected chi connectivity index (χ4v) is 7.06. The molecule has 0 N–H and O–H groups in total. The molecule has 2 bridgehead atoms. The third-order valence-electron chi connectivity index (χ3n) is 6.98. The Kier molecular flexibility index (Phi) is 5.12. The molecule has 0 radical (unpaired) electrons. The lowest BCUT2D eigenvalue weighted by atomic mass is 9.85. The molecular weight excluding hydrogens is 470 g/mol. The summed E-state index contributed by atoms with van der Waals surface area (Å²) in [6.07, 6.45) is 5.15. The number of imide groups is 1. The lowest BCUT2D eigenvalue weighted by Gasteiger charge is -2.34. The lowest BCUT2D eigenvalue weighted by Crippen LogP contribution is -2.50. The molecule has 0 aromatic heterocycles. The number of hydrogen-bond acceptors (Lipinski definition) is 5. The predicted molar refractivity (Wildman–Crippen MR) is 114 cm³/mol. The molecule has 1 aromatic rings. The topological polar surface area (TPSA) is 78.0 Å². The van der Waals surface area contributed by atoms with E-state index >= 15 is 0 Å². The Morgan fingerprint density at radius 2 is 1.43 bits per heavy atom. The van der Waals surface area contributed by atoms with Gasteiger partial charge in [0.1, 0.15) is 0 Å². The van der Waals surface area contributed by atoms with Gasteiger partial charge in [0, 0.05) is 43.7 Å². The minimum absolute atomic E-state index is 0.0155. The summed E-state index contributed by atoms with van der Waals surface area (Å²) in [6, 6.07) is 6.67. The molecule has 2 heterocycles. The van der Waals surface area contributed by atoms with Crippen LogP contribution in [0.1, 0.15) is 6.42 Å². The van der Waals surface area contributed by atoms with Crippen molar-refractivity contribution in [3.8, 4) is 0 Å². The number of carbonyl (C=O) groups excluding carboxylic acids is 2. The third-order valence-corrected chi connectivity index (χ3v) is 9.43. The number of halogens is 1. The first-order chi connectivity index (χ1) is 14.4. The summed E-state index contributed by atoms with van der Waals surface area (Å²) < 4.78 is 28.0. The van der Waals surface area contributed by atoms with Crippen molar-refractivity contribution in [2.24, 2.45) is 23.7 Å². The van der Waals surface area contributed by atoms with Crippen molar-refractivity contribution in [3.05, 3.63) is 40.9 Å². The lowest BCUT2D eigenvalue weighted by molar-refractivity contribution is -0.140. The number of amides is 2. The number of benzene rings is 1. The SMILES string of the molecule is O=C1[C@@H]2[C@H](C(=O)N1CCN1CCN(S(=O)(=O)c3ccc(Br)cc3)CC1)[C@@H]1C=C[C@@H]2C1. The van der Waals surface area contributed by atoms with Gasteiger partial charge in [0.05, 0.1) is 16.7 Å². The molecule has 160 valence electrons. The first kappa shape index (κ1) is 20.4. The molecule has 2 aliphatic heterocycles. The number of fused-ring (bicyclic) bond motifs is 5. The Morgan fingerprint density at radius 1 is 0.867 bits per heavy atom. The molecule has 2 saturated heterocycles. The van der Waals surface area contributed by atoms with E-state index in [1.54, 1.807) is 24.3 Å². The number of carbonyl (C=O) groups is 2. The molecule has 0 unspecified atom stereocenters. The first-order valence-corrected chi connectivity index (χ1v) is 12.6. The highest BCUT2D eigenvalue weighted by atomic mass is 79.9. The zero-order chi connectivity index (χ0) is 21.0. The highest BCUT2D eigenvalue weighted by molar-refractivity contribution is 9.10. The van der Waals surface area contributed by atoms with Crippen molar-refractivity contribution >= 4 is 37.8 Å². The van der Waals surface area contributed by atoms with E-state index in [1.165, 1.54) is 9.21 Å². The van der Waals surface area contributed by atoms with Crippen LogP contribution in [0, 0.1) is 23.7 Å². The van der Waals surface area contributed by atoms with Crippen molar-refractivity contribution in [3.63, 3.8) is 0 Å². The van der Waals surface area contributed by atoms with E-state index in [1.807, 2.05) is 0 Å². The number of sulfonamides is 1. The van der Waals surface area contributed by atoms with Gasteiger partial charge >= 0.3 is 0 Å². The molecule has 2 aliphatic carbocycles. The summed E-state index contributed by atoms with van der Waals surface area (Å²) >= 11 is 3.32. The van der Waals surface area contributed by atoms with Crippen LogP contribution in [0.4, 0.5) is 0 Å². The van der Waals surface area contributed by atoms with E-state index in [0.717, 1.165) is 10.9 Å². The van der Waals surface area contributed by atoms with E-state index in [2.05, 4.69) is 33.0 Å².